The van der Waals surface area contributed by atoms with Crippen molar-refractivity contribution in [2.75, 3.05) is 12.3 Å². The van der Waals surface area contributed by atoms with Crippen LogP contribution in [0.4, 0.5) is 9.39 Å². The monoisotopic (exact) mass is 348 g/mol. The second kappa shape index (κ2) is 7.57. The standard InChI is InChI=1S/C16H13FN2O4S/c1-2-22-16(21)13-12(11(7-18)14(19)24-13)8-23-15(20)9-3-5-10(17)6-4-9/h3-6H,2,8,19H2,1H3. The van der Waals surface area contributed by atoms with Crippen LogP contribution in [0, 0.1) is 17.1 Å². The van der Waals surface area contributed by atoms with Gasteiger partial charge in [-0.1, -0.05) is 0 Å². The molecule has 2 aromatic rings. The Morgan fingerprint density at radius 3 is 2.50 bits per heavy atom. The van der Waals surface area contributed by atoms with E-state index in [2.05, 4.69) is 0 Å². The Hall–Kier alpha value is -2.92. The Morgan fingerprint density at radius 1 is 1.25 bits per heavy atom. The number of nitriles is 1. The van der Waals surface area contributed by atoms with E-state index in [1.165, 1.54) is 12.1 Å². The highest BCUT2D eigenvalue weighted by molar-refractivity contribution is 7.18. The third-order valence-corrected chi connectivity index (χ3v) is 4.08. The molecule has 0 spiro atoms. The molecule has 0 aliphatic rings. The number of carbonyl (C=O) groups is 2. The maximum Gasteiger partial charge on any atom is 0.348 e. The fourth-order valence-corrected chi connectivity index (χ4v) is 2.83. The second-order valence-electron chi connectivity index (χ2n) is 4.56. The molecule has 0 saturated carbocycles. The molecule has 8 heteroatoms. The van der Waals surface area contributed by atoms with Crippen LogP contribution in [-0.2, 0) is 16.1 Å². The quantitative estimate of drug-likeness (QED) is 0.834. The molecule has 1 aromatic heterocycles. The van der Waals surface area contributed by atoms with Crippen molar-refractivity contribution in [2.24, 2.45) is 0 Å². The molecule has 1 heterocycles. The SMILES string of the molecule is CCOC(=O)c1sc(N)c(C#N)c1COC(=O)c1ccc(F)cc1. The van der Waals surface area contributed by atoms with Gasteiger partial charge in [-0.15, -0.1) is 11.3 Å². The minimum atomic E-state index is -0.710. The summed E-state index contributed by atoms with van der Waals surface area (Å²) in [6.45, 7) is 1.49. The topological polar surface area (TPSA) is 102 Å². The van der Waals surface area contributed by atoms with Crippen LogP contribution in [0.15, 0.2) is 24.3 Å². The number of carbonyl (C=O) groups excluding carboxylic acids is 2. The summed E-state index contributed by atoms with van der Waals surface area (Å²) in [4.78, 5) is 24.0. The Bertz CT molecular complexity index is 809. The van der Waals surface area contributed by atoms with Gasteiger partial charge in [-0.3, -0.25) is 0 Å². The molecule has 2 rings (SSSR count). The number of ether oxygens (including phenoxy) is 2. The zero-order valence-electron chi connectivity index (χ0n) is 12.7. The number of hydrogen-bond acceptors (Lipinski definition) is 7. The van der Waals surface area contributed by atoms with Crippen LogP contribution >= 0.6 is 11.3 Å². The minimum Gasteiger partial charge on any atom is -0.462 e. The lowest BCUT2D eigenvalue weighted by molar-refractivity contribution is 0.0452. The normalized spacial score (nSPS) is 10.0. The molecule has 0 aliphatic heterocycles. The molecule has 0 saturated heterocycles. The Balaban J connectivity index is 2.22. The number of nitrogens with two attached hydrogens (primary N) is 1. The fraction of sp³-hybridized carbons (Fsp3) is 0.188. The molecule has 0 unspecified atom stereocenters. The fourth-order valence-electron chi connectivity index (χ4n) is 1.91. The van der Waals surface area contributed by atoms with E-state index >= 15 is 0 Å². The molecule has 0 atom stereocenters. The summed E-state index contributed by atoms with van der Waals surface area (Å²) in [6, 6.07) is 6.70. The van der Waals surface area contributed by atoms with Crippen molar-refractivity contribution >= 4 is 28.3 Å². The van der Waals surface area contributed by atoms with Gasteiger partial charge in [0.2, 0.25) is 0 Å². The maximum atomic E-state index is 12.9. The lowest BCUT2D eigenvalue weighted by Crippen LogP contribution is -2.10. The van der Waals surface area contributed by atoms with Crippen LogP contribution in [0.5, 0.6) is 0 Å². The van der Waals surface area contributed by atoms with E-state index in [1.807, 2.05) is 6.07 Å². The number of benzene rings is 1. The molecule has 0 fully saturated rings. The lowest BCUT2D eigenvalue weighted by atomic mass is 10.1. The molecule has 124 valence electrons. The number of nitrogen functional groups attached to an aromatic ring is 1. The molecule has 2 N–H and O–H groups in total. The van der Waals surface area contributed by atoms with E-state index < -0.39 is 17.8 Å². The van der Waals surface area contributed by atoms with E-state index in [-0.39, 0.29) is 39.8 Å². The van der Waals surface area contributed by atoms with Crippen LogP contribution < -0.4 is 5.73 Å². The molecule has 0 bridgehead atoms. The highest BCUT2D eigenvalue weighted by atomic mass is 32.1. The Kier molecular flexibility index (Phi) is 5.50. The summed E-state index contributed by atoms with van der Waals surface area (Å²) >= 11 is 0.903. The van der Waals surface area contributed by atoms with E-state index in [0.29, 0.717) is 0 Å². The first-order valence-electron chi connectivity index (χ1n) is 6.89. The first kappa shape index (κ1) is 17.4. The van der Waals surface area contributed by atoms with Crippen LogP contribution in [0.1, 0.15) is 38.1 Å². The van der Waals surface area contributed by atoms with Gasteiger partial charge in [-0.05, 0) is 31.2 Å². The molecule has 0 amide bonds. The molecule has 6 nitrogen and oxygen atoms in total. The zero-order chi connectivity index (χ0) is 17.7. The molecular weight excluding hydrogens is 335 g/mol. The zero-order valence-corrected chi connectivity index (χ0v) is 13.5. The largest absolute Gasteiger partial charge is 0.462 e. The number of esters is 2. The summed E-state index contributed by atoms with van der Waals surface area (Å²) in [6.07, 6.45) is 0. The molecule has 24 heavy (non-hydrogen) atoms. The summed E-state index contributed by atoms with van der Waals surface area (Å²) in [5.74, 6) is -1.82. The summed E-state index contributed by atoms with van der Waals surface area (Å²) in [5, 5.41) is 9.33. The predicted molar refractivity (Wildman–Crippen MR) is 84.9 cm³/mol. The van der Waals surface area contributed by atoms with Gasteiger partial charge >= 0.3 is 11.9 Å². The minimum absolute atomic E-state index is 0.0787. The molecule has 0 aliphatic carbocycles. The first-order chi connectivity index (χ1) is 11.5. The number of thiophene rings is 1. The summed E-state index contributed by atoms with van der Waals surface area (Å²) < 4.78 is 22.9. The lowest BCUT2D eigenvalue weighted by Gasteiger charge is -2.06. The van der Waals surface area contributed by atoms with Crippen molar-refractivity contribution in [2.45, 2.75) is 13.5 Å². The van der Waals surface area contributed by atoms with Crippen molar-refractivity contribution in [1.29, 1.82) is 5.26 Å². The van der Waals surface area contributed by atoms with Gasteiger partial charge in [0.15, 0.2) is 0 Å². The highest BCUT2D eigenvalue weighted by Crippen LogP contribution is 2.32. The Labute approximate surface area is 141 Å². The number of hydrogen-bond donors (Lipinski definition) is 1. The van der Waals surface area contributed by atoms with Gasteiger partial charge < -0.3 is 15.2 Å². The third-order valence-electron chi connectivity index (χ3n) is 3.03. The van der Waals surface area contributed by atoms with E-state index in [1.54, 1.807) is 6.92 Å². The van der Waals surface area contributed by atoms with Gasteiger partial charge in [0.25, 0.3) is 0 Å². The van der Waals surface area contributed by atoms with E-state index in [0.717, 1.165) is 23.5 Å². The predicted octanol–water partition coefficient (Wildman–Crippen LogP) is 2.87. The van der Waals surface area contributed by atoms with Gasteiger partial charge in [-0.2, -0.15) is 5.26 Å². The van der Waals surface area contributed by atoms with Crippen LogP contribution in [0.25, 0.3) is 0 Å². The van der Waals surface area contributed by atoms with Crippen LogP contribution in [0.2, 0.25) is 0 Å². The van der Waals surface area contributed by atoms with Crippen molar-refractivity contribution in [1.82, 2.24) is 0 Å². The average Bonchev–Trinajstić information content (AvgIpc) is 2.89. The van der Waals surface area contributed by atoms with E-state index in [4.69, 9.17) is 15.2 Å². The average molecular weight is 348 g/mol. The van der Waals surface area contributed by atoms with Crippen LogP contribution in [0.3, 0.4) is 0 Å². The van der Waals surface area contributed by atoms with Crippen molar-refractivity contribution in [3.8, 4) is 6.07 Å². The Morgan fingerprint density at radius 2 is 1.92 bits per heavy atom. The van der Waals surface area contributed by atoms with Gasteiger partial charge in [0.1, 0.15) is 28.4 Å². The van der Waals surface area contributed by atoms with Gasteiger partial charge in [-0.25, -0.2) is 14.0 Å². The first-order valence-corrected chi connectivity index (χ1v) is 7.70. The second-order valence-corrected chi connectivity index (χ2v) is 5.62. The summed E-state index contributed by atoms with van der Waals surface area (Å²) in [7, 11) is 0. The number of nitrogens with zero attached hydrogens (tertiary/aromatic N) is 1. The maximum absolute atomic E-state index is 12.9. The smallest absolute Gasteiger partial charge is 0.348 e. The van der Waals surface area contributed by atoms with Crippen molar-refractivity contribution in [3.63, 3.8) is 0 Å². The number of anilines is 1. The number of rotatable bonds is 5. The third kappa shape index (κ3) is 3.70. The molecule has 0 radical (unpaired) electrons. The van der Waals surface area contributed by atoms with E-state index in [9.17, 15) is 19.2 Å². The molecular formula is C16H13FN2O4S. The summed E-state index contributed by atoms with van der Waals surface area (Å²) in [5.41, 5.74) is 6.16. The van der Waals surface area contributed by atoms with Crippen molar-refractivity contribution < 1.29 is 23.5 Å². The number of halogens is 1. The van der Waals surface area contributed by atoms with Gasteiger partial charge in [0, 0.05) is 5.56 Å². The van der Waals surface area contributed by atoms with Gasteiger partial charge in [0.05, 0.1) is 17.7 Å². The van der Waals surface area contributed by atoms with Crippen molar-refractivity contribution in [3.05, 3.63) is 51.7 Å². The van der Waals surface area contributed by atoms with Crippen LogP contribution in [-0.4, -0.2) is 18.5 Å². The highest BCUT2D eigenvalue weighted by Gasteiger charge is 2.24. The molecule has 1 aromatic carbocycles.